The molecule has 0 aliphatic heterocycles. The molecule has 1 aromatic heterocycles. The molecule has 1 aliphatic rings. The molecule has 0 aromatic carbocycles. The number of aromatic nitrogens is 2. The summed E-state index contributed by atoms with van der Waals surface area (Å²) >= 11 is 0. The Balaban J connectivity index is 2.21. The number of nitrogens with zero attached hydrogens (tertiary/aromatic N) is 3. The molecule has 20 heavy (non-hydrogen) atoms. The summed E-state index contributed by atoms with van der Waals surface area (Å²) in [5.74, 6) is 0. The Bertz CT molecular complexity index is 511. The number of nitriles is 1. The minimum Gasteiger partial charge on any atom is -0.299 e. The molecular formula is C16H26N4. The number of aryl methyl sites for hydroxylation is 1. The second kappa shape index (κ2) is 5.97. The first-order valence-electron chi connectivity index (χ1n) is 7.71. The molecule has 0 radical (unpaired) electrons. The highest BCUT2D eigenvalue weighted by Crippen LogP contribution is 2.36. The Kier molecular flexibility index (Phi) is 4.49. The smallest absolute Gasteiger partial charge is 0.108 e. The first kappa shape index (κ1) is 15.1. The van der Waals surface area contributed by atoms with E-state index < -0.39 is 0 Å². The van der Waals surface area contributed by atoms with Crippen LogP contribution in [0.25, 0.3) is 0 Å². The van der Waals surface area contributed by atoms with Gasteiger partial charge < -0.3 is 0 Å². The molecule has 0 bridgehead atoms. The van der Waals surface area contributed by atoms with Gasteiger partial charge in [-0.15, -0.1) is 0 Å². The molecule has 2 unspecified atom stereocenters. The van der Waals surface area contributed by atoms with E-state index in [2.05, 4.69) is 43.8 Å². The second-order valence-corrected chi connectivity index (χ2v) is 6.11. The summed E-state index contributed by atoms with van der Waals surface area (Å²) in [7, 11) is 0. The lowest BCUT2D eigenvalue weighted by molar-refractivity contribution is 0.218. The number of hydrogen-bond acceptors (Lipinski definition) is 3. The summed E-state index contributed by atoms with van der Waals surface area (Å²) in [6.07, 6.45) is 5.10. The maximum atomic E-state index is 9.62. The number of rotatable bonds is 4. The molecule has 2 atom stereocenters. The van der Waals surface area contributed by atoms with Gasteiger partial charge in [0.25, 0.3) is 0 Å². The Morgan fingerprint density at radius 1 is 1.45 bits per heavy atom. The number of hydrogen-bond donors (Lipinski definition) is 1. The predicted molar refractivity (Wildman–Crippen MR) is 80.6 cm³/mol. The van der Waals surface area contributed by atoms with E-state index >= 15 is 0 Å². The number of nitrogens with one attached hydrogen (secondary N) is 1. The molecule has 1 fully saturated rings. The van der Waals surface area contributed by atoms with Crippen LogP contribution in [0.4, 0.5) is 0 Å². The molecule has 1 saturated carbocycles. The molecule has 110 valence electrons. The highest BCUT2D eigenvalue weighted by Gasteiger charge is 2.37. The molecular weight excluding hydrogens is 248 g/mol. The van der Waals surface area contributed by atoms with Gasteiger partial charge in [-0.25, -0.2) is 0 Å². The molecule has 1 aliphatic carbocycles. The maximum Gasteiger partial charge on any atom is 0.108 e. The van der Waals surface area contributed by atoms with E-state index in [1.54, 1.807) is 0 Å². The average molecular weight is 274 g/mol. The van der Waals surface area contributed by atoms with Crippen LogP contribution in [0.5, 0.6) is 0 Å². The fraction of sp³-hybridized carbons (Fsp3) is 0.750. The Morgan fingerprint density at radius 2 is 2.20 bits per heavy atom. The van der Waals surface area contributed by atoms with Gasteiger partial charge in [-0.2, -0.15) is 10.4 Å². The van der Waals surface area contributed by atoms with Gasteiger partial charge in [0.05, 0.1) is 17.8 Å². The molecule has 1 aromatic rings. The largest absolute Gasteiger partial charge is 0.299 e. The van der Waals surface area contributed by atoms with Crippen molar-refractivity contribution >= 4 is 0 Å². The Morgan fingerprint density at radius 3 is 2.75 bits per heavy atom. The van der Waals surface area contributed by atoms with Crippen LogP contribution in [0, 0.1) is 32.1 Å². The first-order valence-corrected chi connectivity index (χ1v) is 7.71. The minimum absolute atomic E-state index is 0.347. The third-order valence-corrected chi connectivity index (χ3v) is 4.69. The zero-order valence-corrected chi connectivity index (χ0v) is 13.2. The van der Waals surface area contributed by atoms with Gasteiger partial charge >= 0.3 is 0 Å². The van der Waals surface area contributed by atoms with Crippen molar-refractivity contribution in [3.05, 3.63) is 17.0 Å². The van der Waals surface area contributed by atoms with E-state index in [9.17, 15) is 5.26 Å². The van der Waals surface area contributed by atoms with Crippen molar-refractivity contribution in [3.63, 3.8) is 0 Å². The van der Waals surface area contributed by atoms with Crippen molar-refractivity contribution in [2.45, 2.75) is 71.4 Å². The lowest BCUT2D eigenvalue weighted by Crippen LogP contribution is -2.48. The molecule has 4 nitrogen and oxygen atoms in total. The van der Waals surface area contributed by atoms with Gasteiger partial charge in [0.2, 0.25) is 0 Å². The van der Waals surface area contributed by atoms with E-state index in [1.807, 2.05) is 0 Å². The molecule has 2 rings (SSSR count). The van der Waals surface area contributed by atoms with E-state index in [4.69, 9.17) is 5.10 Å². The topological polar surface area (TPSA) is 53.6 Å². The van der Waals surface area contributed by atoms with Crippen LogP contribution in [0.15, 0.2) is 0 Å². The highest BCUT2D eigenvalue weighted by molar-refractivity contribution is 5.23. The van der Waals surface area contributed by atoms with Gasteiger partial charge in [0.15, 0.2) is 0 Å². The molecule has 0 amide bonds. The standard InChI is InChI=1S/C16H26N4/c1-5-9-18-16(11-17)8-6-7-15(10-16)20-14(4)12(2)13(3)19-20/h15,18H,5-10H2,1-4H3. The monoisotopic (exact) mass is 274 g/mol. The summed E-state index contributed by atoms with van der Waals surface area (Å²) < 4.78 is 2.16. The van der Waals surface area contributed by atoms with Gasteiger partial charge in [-0.1, -0.05) is 6.92 Å². The first-order chi connectivity index (χ1) is 9.53. The maximum absolute atomic E-state index is 9.62. The van der Waals surface area contributed by atoms with Crippen LogP contribution in [-0.2, 0) is 0 Å². The van der Waals surface area contributed by atoms with Crippen LogP contribution >= 0.6 is 0 Å². The predicted octanol–water partition coefficient (Wildman–Crippen LogP) is 3.19. The summed E-state index contributed by atoms with van der Waals surface area (Å²) in [6, 6.07) is 2.89. The third kappa shape index (κ3) is 2.73. The van der Waals surface area contributed by atoms with Crippen molar-refractivity contribution < 1.29 is 0 Å². The zero-order chi connectivity index (χ0) is 14.8. The second-order valence-electron chi connectivity index (χ2n) is 6.11. The van der Waals surface area contributed by atoms with Crippen LogP contribution in [0.3, 0.4) is 0 Å². The fourth-order valence-corrected chi connectivity index (χ4v) is 3.22. The van der Waals surface area contributed by atoms with Crippen molar-refractivity contribution in [1.29, 1.82) is 5.26 Å². The lowest BCUT2D eigenvalue weighted by atomic mass is 9.79. The normalized spacial score (nSPS) is 26.4. The summed E-state index contributed by atoms with van der Waals surface area (Å²) in [4.78, 5) is 0. The summed E-state index contributed by atoms with van der Waals surface area (Å²) in [6.45, 7) is 9.38. The fourth-order valence-electron chi connectivity index (χ4n) is 3.22. The van der Waals surface area contributed by atoms with Crippen molar-refractivity contribution in [1.82, 2.24) is 15.1 Å². The Labute approximate surface area is 122 Å². The third-order valence-electron chi connectivity index (χ3n) is 4.69. The summed E-state index contributed by atoms with van der Waals surface area (Å²) in [5, 5.41) is 17.8. The molecule has 4 heteroatoms. The molecule has 0 saturated heterocycles. The van der Waals surface area contributed by atoms with Gasteiger partial charge in [0.1, 0.15) is 5.54 Å². The quantitative estimate of drug-likeness (QED) is 0.917. The van der Waals surface area contributed by atoms with Gasteiger partial charge in [-0.05, 0) is 58.6 Å². The minimum atomic E-state index is -0.362. The van der Waals surface area contributed by atoms with E-state index in [-0.39, 0.29) is 5.54 Å². The average Bonchev–Trinajstić information content (AvgIpc) is 2.73. The molecule has 0 spiro atoms. The van der Waals surface area contributed by atoms with Crippen LogP contribution in [-0.4, -0.2) is 21.9 Å². The highest BCUT2D eigenvalue weighted by atomic mass is 15.3. The van der Waals surface area contributed by atoms with E-state index in [0.717, 1.165) is 44.3 Å². The molecule has 1 N–H and O–H groups in total. The SMILES string of the molecule is CCCNC1(C#N)CCCC(n2nc(C)c(C)c2C)C1. The van der Waals surface area contributed by atoms with Crippen LogP contribution < -0.4 is 5.32 Å². The van der Waals surface area contributed by atoms with Gasteiger partial charge in [-0.3, -0.25) is 10.00 Å². The van der Waals surface area contributed by atoms with Crippen LogP contribution in [0.2, 0.25) is 0 Å². The van der Waals surface area contributed by atoms with Crippen molar-refractivity contribution in [2.75, 3.05) is 6.54 Å². The van der Waals surface area contributed by atoms with E-state index in [0.29, 0.717) is 6.04 Å². The van der Waals surface area contributed by atoms with Gasteiger partial charge in [0, 0.05) is 12.1 Å². The van der Waals surface area contributed by atoms with E-state index in [1.165, 1.54) is 11.3 Å². The lowest BCUT2D eigenvalue weighted by Gasteiger charge is -2.37. The van der Waals surface area contributed by atoms with Crippen LogP contribution in [0.1, 0.15) is 62.0 Å². The van der Waals surface area contributed by atoms with Crippen molar-refractivity contribution in [2.24, 2.45) is 0 Å². The Hall–Kier alpha value is -1.34. The molecule has 1 heterocycles. The summed E-state index contributed by atoms with van der Waals surface area (Å²) in [5.41, 5.74) is 3.27. The van der Waals surface area contributed by atoms with Crippen molar-refractivity contribution in [3.8, 4) is 6.07 Å². The zero-order valence-electron chi connectivity index (χ0n) is 13.2.